The summed E-state index contributed by atoms with van der Waals surface area (Å²) in [4.78, 5) is 0. The molecule has 0 saturated heterocycles. The Morgan fingerprint density at radius 3 is 2.19 bits per heavy atom. The average Bonchev–Trinajstić information content (AvgIpc) is 2.46. The minimum atomic E-state index is -0.491. The van der Waals surface area contributed by atoms with E-state index in [2.05, 4.69) is 32.9 Å². The van der Waals surface area contributed by atoms with Crippen LogP contribution < -0.4 is 4.74 Å². The second kappa shape index (κ2) is 6.31. The molecule has 2 rings (SSSR count). The third-order valence-electron chi connectivity index (χ3n) is 3.61. The molecule has 2 nitrogen and oxygen atoms in total. The molecule has 0 aliphatic rings. The second-order valence-electron chi connectivity index (χ2n) is 6.34. The summed E-state index contributed by atoms with van der Waals surface area (Å²) >= 11 is 0. The van der Waals surface area contributed by atoms with Crippen LogP contribution in [-0.4, -0.2) is 5.11 Å². The highest BCUT2D eigenvalue weighted by Gasteiger charge is 2.14. The number of para-hydroxylation sites is 1. The first-order valence-electron chi connectivity index (χ1n) is 7.47. The van der Waals surface area contributed by atoms with Gasteiger partial charge in [0.2, 0.25) is 0 Å². The molecule has 21 heavy (non-hydrogen) atoms. The topological polar surface area (TPSA) is 29.5 Å². The van der Waals surface area contributed by atoms with Crippen LogP contribution in [0.2, 0.25) is 0 Å². The fourth-order valence-corrected chi connectivity index (χ4v) is 2.22. The Morgan fingerprint density at radius 2 is 1.62 bits per heavy atom. The lowest BCUT2D eigenvalue weighted by molar-refractivity contribution is 0.170. The third-order valence-corrected chi connectivity index (χ3v) is 3.61. The maximum absolute atomic E-state index is 10.1. The Morgan fingerprint density at radius 1 is 1.00 bits per heavy atom. The van der Waals surface area contributed by atoms with Crippen LogP contribution in [0.4, 0.5) is 0 Å². The van der Waals surface area contributed by atoms with Gasteiger partial charge >= 0.3 is 0 Å². The van der Waals surface area contributed by atoms with Crippen LogP contribution in [-0.2, 0) is 5.41 Å². The van der Waals surface area contributed by atoms with E-state index in [-0.39, 0.29) is 5.41 Å². The van der Waals surface area contributed by atoms with Crippen LogP contribution in [0.3, 0.4) is 0 Å². The first-order chi connectivity index (χ1) is 9.91. The molecule has 2 aromatic carbocycles. The maximum Gasteiger partial charge on any atom is 0.133 e. The summed E-state index contributed by atoms with van der Waals surface area (Å²) in [6.07, 6.45) is 0.179. The Hall–Kier alpha value is -1.80. The molecule has 0 fully saturated rings. The normalized spacial score (nSPS) is 13.0. The summed E-state index contributed by atoms with van der Waals surface area (Å²) in [7, 11) is 0. The molecule has 0 heterocycles. The minimum absolute atomic E-state index is 0.134. The van der Waals surface area contributed by atoms with Gasteiger partial charge in [-0.1, -0.05) is 58.0 Å². The minimum Gasteiger partial charge on any atom is -0.457 e. The summed E-state index contributed by atoms with van der Waals surface area (Å²) in [5.41, 5.74) is 2.24. The van der Waals surface area contributed by atoms with Crippen molar-refractivity contribution in [2.24, 2.45) is 0 Å². The van der Waals surface area contributed by atoms with Crippen molar-refractivity contribution in [3.05, 3.63) is 59.7 Å². The summed E-state index contributed by atoms with van der Waals surface area (Å²) in [5, 5.41) is 10.1. The largest absolute Gasteiger partial charge is 0.457 e. The predicted octanol–water partition coefficient (Wildman–Crippen LogP) is 5.22. The first-order valence-corrected chi connectivity index (χ1v) is 7.47. The van der Waals surface area contributed by atoms with Crippen LogP contribution in [0, 0.1) is 0 Å². The van der Waals surface area contributed by atoms with E-state index in [1.807, 2.05) is 43.3 Å². The van der Waals surface area contributed by atoms with E-state index in [1.54, 1.807) is 0 Å². The van der Waals surface area contributed by atoms with Gasteiger partial charge in [-0.15, -0.1) is 0 Å². The van der Waals surface area contributed by atoms with Crippen molar-refractivity contribution in [1.82, 2.24) is 0 Å². The SMILES string of the molecule is CC[C@H](O)c1ccccc1Oc1ccc(C(C)(C)C)cc1. The zero-order valence-electron chi connectivity index (χ0n) is 13.3. The van der Waals surface area contributed by atoms with Crippen molar-refractivity contribution in [3.63, 3.8) is 0 Å². The van der Waals surface area contributed by atoms with Gasteiger partial charge in [0.15, 0.2) is 0 Å². The van der Waals surface area contributed by atoms with E-state index in [4.69, 9.17) is 4.74 Å². The molecule has 0 unspecified atom stereocenters. The molecule has 0 radical (unpaired) electrons. The van der Waals surface area contributed by atoms with Gasteiger partial charge in [-0.2, -0.15) is 0 Å². The van der Waals surface area contributed by atoms with Crippen molar-refractivity contribution in [1.29, 1.82) is 0 Å². The Labute approximate surface area is 127 Å². The molecule has 1 atom stereocenters. The molecular formula is C19H24O2. The third kappa shape index (κ3) is 3.85. The van der Waals surface area contributed by atoms with Gasteiger partial charge in [-0.25, -0.2) is 0 Å². The molecule has 112 valence electrons. The lowest BCUT2D eigenvalue weighted by atomic mass is 9.87. The van der Waals surface area contributed by atoms with Crippen LogP contribution in [0.25, 0.3) is 0 Å². The number of benzene rings is 2. The van der Waals surface area contributed by atoms with E-state index in [0.29, 0.717) is 6.42 Å². The van der Waals surface area contributed by atoms with E-state index in [1.165, 1.54) is 5.56 Å². The summed E-state index contributed by atoms with van der Waals surface area (Å²) < 4.78 is 5.94. The van der Waals surface area contributed by atoms with Gasteiger partial charge in [0.1, 0.15) is 11.5 Å². The molecule has 1 N–H and O–H groups in total. The van der Waals surface area contributed by atoms with Crippen molar-refractivity contribution in [2.75, 3.05) is 0 Å². The zero-order valence-corrected chi connectivity index (χ0v) is 13.3. The molecular weight excluding hydrogens is 260 g/mol. The summed E-state index contributed by atoms with van der Waals surface area (Å²) in [6.45, 7) is 8.53. The van der Waals surface area contributed by atoms with Crippen molar-refractivity contribution < 1.29 is 9.84 Å². The van der Waals surface area contributed by atoms with Crippen LogP contribution in [0.15, 0.2) is 48.5 Å². The van der Waals surface area contributed by atoms with Crippen molar-refractivity contribution >= 4 is 0 Å². The molecule has 0 aliphatic carbocycles. The van der Waals surface area contributed by atoms with E-state index in [0.717, 1.165) is 17.1 Å². The average molecular weight is 284 g/mol. The fraction of sp³-hybridized carbons (Fsp3) is 0.368. The molecule has 0 amide bonds. The van der Waals surface area contributed by atoms with E-state index >= 15 is 0 Å². The quantitative estimate of drug-likeness (QED) is 0.834. The van der Waals surface area contributed by atoms with Gasteiger partial charge in [-0.05, 0) is 35.6 Å². The standard InChI is InChI=1S/C19H24O2/c1-5-17(20)16-8-6-7-9-18(16)21-15-12-10-14(11-13-15)19(2,3)4/h6-13,17,20H,5H2,1-4H3/t17-/m0/s1. The highest BCUT2D eigenvalue weighted by atomic mass is 16.5. The molecule has 0 spiro atoms. The molecule has 2 heteroatoms. The molecule has 0 bridgehead atoms. The monoisotopic (exact) mass is 284 g/mol. The first kappa shape index (κ1) is 15.6. The lowest BCUT2D eigenvalue weighted by Gasteiger charge is -2.19. The van der Waals surface area contributed by atoms with E-state index in [9.17, 15) is 5.11 Å². The number of aliphatic hydroxyl groups excluding tert-OH is 1. The highest BCUT2D eigenvalue weighted by Crippen LogP contribution is 2.32. The van der Waals surface area contributed by atoms with Gasteiger partial charge in [0, 0.05) is 5.56 Å². The maximum atomic E-state index is 10.1. The Balaban J connectivity index is 2.23. The molecule has 2 aromatic rings. The number of aliphatic hydroxyl groups is 1. The predicted molar refractivity (Wildman–Crippen MR) is 86.9 cm³/mol. The van der Waals surface area contributed by atoms with Gasteiger partial charge < -0.3 is 9.84 Å². The van der Waals surface area contributed by atoms with Gasteiger partial charge in [0.25, 0.3) is 0 Å². The Bertz CT molecular complexity index is 579. The smallest absolute Gasteiger partial charge is 0.133 e. The zero-order chi connectivity index (χ0) is 15.5. The molecule has 0 aliphatic heterocycles. The summed E-state index contributed by atoms with van der Waals surface area (Å²) in [6, 6.07) is 15.8. The Kier molecular flexibility index (Phi) is 4.69. The van der Waals surface area contributed by atoms with Gasteiger partial charge in [-0.3, -0.25) is 0 Å². The van der Waals surface area contributed by atoms with Crippen LogP contribution in [0.5, 0.6) is 11.5 Å². The van der Waals surface area contributed by atoms with Crippen LogP contribution in [0.1, 0.15) is 51.3 Å². The summed E-state index contributed by atoms with van der Waals surface area (Å²) in [5.74, 6) is 1.51. The second-order valence-corrected chi connectivity index (χ2v) is 6.34. The fourth-order valence-electron chi connectivity index (χ4n) is 2.22. The lowest BCUT2D eigenvalue weighted by Crippen LogP contribution is -2.10. The van der Waals surface area contributed by atoms with Crippen molar-refractivity contribution in [3.8, 4) is 11.5 Å². The number of hydrogen-bond donors (Lipinski definition) is 1. The highest BCUT2D eigenvalue weighted by molar-refractivity contribution is 5.40. The molecule has 0 aromatic heterocycles. The number of hydrogen-bond acceptors (Lipinski definition) is 2. The van der Waals surface area contributed by atoms with E-state index < -0.39 is 6.10 Å². The van der Waals surface area contributed by atoms with Crippen LogP contribution >= 0.6 is 0 Å². The van der Waals surface area contributed by atoms with Crippen molar-refractivity contribution in [2.45, 2.75) is 45.6 Å². The van der Waals surface area contributed by atoms with Gasteiger partial charge in [0.05, 0.1) is 6.10 Å². The molecule has 0 saturated carbocycles. The number of rotatable bonds is 4. The number of ether oxygens (including phenoxy) is 1.